The molecule has 9 nitrogen and oxygen atoms in total. The van der Waals surface area contributed by atoms with Crippen LogP contribution in [0, 0.1) is 0 Å². The van der Waals surface area contributed by atoms with Crippen molar-refractivity contribution in [2.75, 3.05) is 43.5 Å². The van der Waals surface area contributed by atoms with Gasteiger partial charge >= 0.3 is 0 Å². The Morgan fingerprint density at radius 2 is 2.19 bits per heavy atom. The van der Waals surface area contributed by atoms with Gasteiger partial charge in [0.2, 0.25) is 5.88 Å². The molecule has 0 aliphatic carbocycles. The molecule has 2 aliphatic heterocycles. The summed E-state index contributed by atoms with van der Waals surface area (Å²) in [4.78, 5) is 29.7. The van der Waals surface area contributed by atoms with Crippen LogP contribution in [0.4, 0.5) is 16.6 Å². The molecular weight excluding hydrogens is 414 g/mol. The number of hydrogen-bond acceptors (Lipinski definition) is 9. The molecule has 0 saturated carbocycles. The van der Waals surface area contributed by atoms with Gasteiger partial charge in [0.25, 0.3) is 5.91 Å². The minimum Gasteiger partial charge on any atom is -0.474 e. The Labute approximate surface area is 184 Å². The Kier molecular flexibility index (Phi) is 5.39. The fourth-order valence-corrected chi connectivity index (χ4v) is 4.54. The van der Waals surface area contributed by atoms with E-state index in [1.54, 1.807) is 30.6 Å². The maximum absolute atomic E-state index is 11.8. The zero-order valence-corrected chi connectivity index (χ0v) is 17.9. The SMILES string of the molecule is CNC(=O)c1ccc2c(n1)OCC1CN(Cc3ccnc(Nc4nccs4)c3)CCN21. The number of hydrogen-bond donors (Lipinski definition) is 2. The highest BCUT2D eigenvalue weighted by Crippen LogP contribution is 2.34. The van der Waals surface area contributed by atoms with Crippen LogP contribution in [0.5, 0.6) is 5.88 Å². The summed E-state index contributed by atoms with van der Waals surface area (Å²) in [5, 5.41) is 8.62. The van der Waals surface area contributed by atoms with Crippen LogP contribution in [-0.4, -0.2) is 65.1 Å². The topological polar surface area (TPSA) is 95.5 Å². The van der Waals surface area contributed by atoms with E-state index in [-0.39, 0.29) is 11.9 Å². The van der Waals surface area contributed by atoms with Gasteiger partial charge in [-0.3, -0.25) is 9.69 Å². The molecular formula is C21H23N7O2S. The van der Waals surface area contributed by atoms with E-state index in [4.69, 9.17) is 4.74 Å². The summed E-state index contributed by atoms with van der Waals surface area (Å²) in [7, 11) is 1.60. The van der Waals surface area contributed by atoms with Crippen LogP contribution >= 0.6 is 11.3 Å². The van der Waals surface area contributed by atoms with Gasteiger partial charge in [-0.05, 0) is 29.8 Å². The van der Waals surface area contributed by atoms with Crippen molar-refractivity contribution in [3.05, 3.63) is 53.3 Å². The largest absolute Gasteiger partial charge is 0.474 e. The maximum Gasteiger partial charge on any atom is 0.269 e. The molecule has 2 N–H and O–H groups in total. The molecule has 0 bridgehead atoms. The molecule has 3 aromatic rings. The van der Waals surface area contributed by atoms with E-state index in [0.29, 0.717) is 18.2 Å². The molecule has 3 aromatic heterocycles. The van der Waals surface area contributed by atoms with Gasteiger partial charge in [-0.1, -0.05) is 0 Å². The molecule has 1 fully saturated rings. The standard InChI is InChI=1S/C21H23N7O2S/c1-22-19(29)16-2-3-17-20(25-16)30-13-15-12-27(7-8-28(15)17)11-14-4-5-23-18(10-14)26-21-24-6-9-31-21/h2-6,9-10,15H,7-8,11-13H2,1H3,(H,22,29)(H,23,24,26). The number of piperazine rings is 1. The third-order valence-corrected chi connectivity index (χ3v) is 6.17. The van der Waals surface area contributed by atoms with Crippen molar-refractivity contribution in [1.82, 2.24) is 25.2 Å². The molecule has 1 unspecified atom stereocenters. The smallest absolute Gasteiger partial charge is 0.269 e. The summed E-state index contributed by atoms with van der Waals surface area (Å²) in [6.07, 6.45) is 3.60. The summed E-state index contributed by atoms with van der Waals surface area (Å²) in [5.74, 6) is 1.14. The van der Waals surface area contributed by atoms with Crippen LogP contribution in [0.25, 0.3) is 0 Å². The van der Waals surface area contributed by atoms with Crippen LogP contribution < -0.4 is 20.3 Å². The van der Waals surface area contributed by atoms with Crippen LogP contribution in [0.15, 0.2) is 42.0 Å². The van der Waals surface area contributed by atoms with E-state index in [2.05, 4.69) is 47.5 Å². The molecule has 0 spiro atoms. The number of aromatic nitrogens is 3. The first-order valence-electron chi connectivity index (χ1n) is 10.2. The van der Waals surface area contributed by atoms with Gasteiger partial charge in [0, 0.05) is 51.0 Å². The average molecular weight is 438 g/mol. The van der Waals surface area contributed by atoms with Gasteiger partial charge in [0.05, 0.1) is 6.04 Å². The molecule has 31 heavy (non-hydrogen) atoms. The van der Waals surface area contributed by atoms with E-state index in [0.717, 1.165) is 42.8 Å². The van der Waals surface area contributed by atoms with Gasteiger partial charge in [0.15, 0.2) is 5.13 Å². The summed E-state index contributed by atoms with van der Waals surface area (Å²) >= 11 is 1.55. The first-order chi connectivity index (χ1) is 15.2. The second-order valence-corrected chi connectivity index (χ2v) is 8.40. The van der Waals surface area contributed by atoms with Crippen molar-refractivity contribution in [1.29, 1.82) is 0 Å². The number of carbonyl (C=O) groups is 1. The van der Waals surface area contributed by atoms with Gasteiger partial charge in [-0.2, -0.15) is 0 Å². The molecule has 1 atom stereocenters. The maximum atomic E-state index is 11.8. The van der Waals surface area contributed by atoms with E-state index >= 15 is 0 Å². The Morgan fingerprint density at radius 1 is 1.26 bits per heavy atom. The number of amides is 1. The molecule has 0 aromatic carbocycles. The predicted molar refractivity (Wildman–Crippen MR) is 119 cm³/mol. The fourth-order valence-electron chi connectivity index (χ4n) is 4.00. The third-order valence-electron chi connectivity index (χ3n) is 5.49. The van der Waals surface area contributed by atoms with Crippen molar-refractivity contribution in [3.63, 3.8) is 0 Å². The van der Waals surface area contributed by atoms with Crippen LogP contribution in [0.3, 0.4) is 0 Å². The number of pyridine rings is 2. The van der Waals surface area contributed by atoms with Crippen LogP contribution in [0.1, 0.15) is 16.1 Å². The minimum atomic E-state index is -0.209. The zero-order valence-electron chi connectivity index (χ0n) is 17.1. The lowest BCUT2D eigenvalue weighted by molar-refractivity contribution is 0.0956. The lowest BCUT2D eigenvalue weighted by atomic mass is 10.1. The lowest BCUT2D eigenvalue weighted by Gasteiger charge is -2.45. The Balaban J connectivity index is 1.25. The summed E-state index contributed by atoms with van der Waals surface area (Å²) in [6, 6.07) is 8.07. The van der Waals surface area contributed by atoms with Crippen molar-refractivity contribution < 1.29 is 9.53 Å². The van der Waals surface area contributed by atoms with E-state index < -0.39 is 0 Å². The first kappa shape index (κ1) is 19.7. The Morgan fingerprint density at radius 3 is 3.03 bits per heavy atom. The molecule has 2 aliphatic rings. The van der Waals surface area contributed by atoms with Gasteiger partial charge in [-0.15, -0.1) is 11.3 Å². The van der Waals surface area contributed by atoms with E-state index in [1.165, 1.54) is 5.56 Å². The van der Waals surface area contributed by atoms with Crippen molar-refractivity contribution in [2.45, 2.75) is 12.6 Å². The summed E-state index contributed by atoms with van der Waals surface area (Å²) < 4.78 is 5.92. The zero-order chi connectivity index (χ0) is 21.2. The quantitative estimate of drug-likeness (QED) is 0.627. The van der Waals surface area contributed by atoms with Crippen molar-refractivity contribution in [2.24, 2.45) is 0 Å². The fraction of sp³-hybridized carbons (Fsp3) is 0.333. The number of fused-ring (bicyclic) bond motifs is 3. The van der Waals surface area contributed by atoms with Crippen LogP contribution in [-0.2, 0) is 6.54 Å². The molecule has 0 radical (unpaired) electrons. The third kappa shape index (κ3) is 4.17. The first-order valence-corrected chi connectivity index (χ1v) is 11.0. The molecule has 5 heterocycles. The number of rotatable bonds is 5. The van der Waals surface area contributed by atoms with Gasteiger partial charge in [0.1, 0.15) is 23.8 Å². The number of ether oxygens (including phenoxy) is 1. The molecule has 160 valence electrons. The van der Waals surface area contributed by atoms with Crippen molar-refractivity contribution >= 4 is 33.9 Å². The number of carbonyl (C=O) groups excluding carboxylic acids is 1. The van der Waals surface area contributed by atoms with Crippen LogP contribution in [0.2, 0.25) is 0 Å². The number of nitrogens with one attached hydrogen (secondary N) is 2. The van der Waals surface area contributed by atoms with Gasteiger partial charge < -0.3 is 20.3 Å². The molecule has 1 saturated heterocycles. The molecule has 10 heteroatoms. The lowest BCUT2D eigenvalue weighted by Crippen LogP contribution is -2.57. The number of nitrogens with zero attached hydrogens (tertiary/aromatic N) is 5. The predicted octanol–water partition coefficient (Wildman–Crippen LogP) is 2.12. The normalized spacial score (nSPS) is 18.0. The van der Waals surface area contributed by atoms with E-state index in [9.17, 15) is 4.79 Å². The highest BCUT2D eigenvalue weighted by Gasteiger charge is 2.34. The average Bonchev–Trinajstić information content (AvgIpc) is 3.31. The number of anilines is 3. The second-order valence-electron chi connectivity index (χ2n) is 7.50. The highest BCUT2D eigenvalue weighted by atomic mass is 32.1. The Bertz CT molecular complexity index is 1080. The summed E-state index contributed by atoms with van der Waals surface area (Å²) in [5.41, 5.74) is 2.54. The minimum absolute atomic E-state index is 0.209. The highest BCUT2D eigenvalue weighted by molar-refractivity contribution is 7.13. The van der Waals surface area contributed by atoms with E-state index in [1.807, 2.05) is 17.6 Å². The Hall–Kier alpha value is -3.24. The molecule has 1 amide bonds. The second kappa shape index (κ2) is 8.48. The molecule has 5 rings (SSSR count). The summed E-state index contributed by atoms with van der Waals surface area (Å²) in [6.45, 7) is 4.12. The van der Waals surface area contributed by atoms with Crippen molar-refractivity contribution in [3.8, 4) is 5.88 Å². The van der Waals surface area contributed by atoms with Gasteiger partial charge in [-0.25, -0.2) is 15.0 Å². The monoisotopic (exact) mass is 437 g/mol. The number of thiazole rings is 1.